The molecule has 1 rings (SSSR count). The lowest BCUT2D eigenvalue weighted by atomic mass is 10.2. The van der Waals surface area contributed by atoms with Gasteiger partial charge in [0, 0.05) is 12.3 Å². The second-order valence-electron chi connectivity index (χ2n) is 3.36. The third-order valence-electron chi connectivity index (χ3n) is 2.05. The van der Waals surface area contributed by atoms with Crippen LogP contribution in [0.1, 0.15) is 18.9 Å². The molecule has 0 unspecified atom stereocenters. The number of benzene rings is 1. The van der Waals surface area contributed by atoms with Crippen LogP contribution in [0.25, 0.3) is 0 Å². The van der Waals surface area contributed by atoms with Crippen molar-refractivity contribution in [1.82, 2.24) is 0 Å². The Bertz CT molecular complexity index is 361. The molecule has 0 heterocycles. The van der Waals surface area contributed by atoms with Crippen LogP contribution in [0, 0.1) is 0 Å². The van der Waals surface area contributed by atoms with Crippen LogP contribution in [-0.2, 0) is 5.88 Å². The number of hydrogen-bond acceptors (Lipinski definition) is 2. The van der Waals surface area contributed by atoms with E-state index < -0.39 is 0 Å². The van der Waals surface area contributed by atoms with Crippen LogP contribution in [0.3, 0.4) is 0 Å². The highest BCUT2D eigenvalue weighted by Crippen LogP contribution is 2.37. The zero-order chi connectivity index (χ0) is 12.7. The summed E-state index contributed by atoms with van der Waals surface area (Å²) >= 11 is 9.19. The van der Waals surface area contributed by atoms with E-state index in [0.717, 1.165) is 10.0 Å². The molecule has 1 aromatic carbocycles. The Labute approximate surface area is 114 Å². The summed E-state index contributed by atoms with van der Waals surface area (Å²) in [6.45, 7) is 2.38. The molecule has 1 aromatic rings. The number of ether oxygens (including phenoxy) is 2. The van der Waals surface area contributed by atoms with Crippen LogP contribution in [-0.4, -0.2) is 19.9 Å². The maximum absolute atomic E-state index is 12.0. The van der Waals surface area contributed by atoms with Crippen LogP contribution in [0.2, 0.25) is 0 Å². The molecule has 0 N–H and O–H groups in total. The molecule has 0 saturated carbocycles. The number of alkyl halides is 2. The second-order valence-corrected chi connectivity index (χ2v) is 4.48. The van der Waals surface area contributed by atoms with Gasteiger partial charge in [-0.05, 0) is 40.5 Å². The SMILES string of the molecule is CCOc1cc(CCl)cc(Br)c1OCCCF. The topological polar surface area (TPSA) is 18.5 Å². The quantitative estimate of drug-likeness (QED) is 0.549. The van der Waals surface area contributed by atoms with Crippen molar-refractivity contribution < 1.29 is 13.9 Å². The normalized spacial score (nSPS) is 10.4. The van der Waals surface area contributed by atoms with Crippen molar-refractivity contribution in [2.75, 3.05) is 19.9 Å². The van der Waals surface area contributed by atoms with E-state index in [1.54, 1.807) is 0 Å². The van der Waals surface area contributed by atoms with E-state index >= 15 is 0 Å². The Morgan fingerprint density at radius 1 is 1.35 bits per heavy atom. The molecule has 0 spiro atoms. The van der Waals surface area contributed by atoms with Gasteiger partial charge in [0.15, 0.2) is 11.5 Å². The van der Waals surface area contributed by atoms with E-state index in [2.05, 4.69) is 15.9 Å². The van der Waals surface area contributed by atoms with Crippen molar-refractivity contribution in [2.24, 2.45) is 0 Å². The van der Waals surface area contributed by atoms with Gasteiger partial charge in [-0.15, -0.1) is 11.6 Å². The fraction of sp³-hybridized carbons (Fsp3) is 0.500. The fourth-order valence-corrected chi connectivity index (χ4v) is 2.09. The highest BCUT2D eigenvalue weighted by molar-refractivity contribution is 9.10. The molecule has 0 radical (unpaired) electrons. The summed E-state index contributed by atoms with van der Waals surface area (Å²) in [4.78, 5) is 0. The summed E-state index contributed by atoms with van der Waals surface area (Å²) in [5.41, 5.74) is 0.944. The summed E-state index contributed by atoms with van der Waals surface area (Å²) in [5, 5.41) is 0. The molecule has 2 nitrogen and oxygen atoms in total. The van der Waals surface area contributed by atoms with Crippen LogP contribution in [0.4, 0.5) is 4.39 Å². The Hall–Kier alpha value is -0.480. The van der Waals surface area contributed by atoms with Crippen molar-refractivity contribution in [3.63, 3.8) is 0 Å². The first kappa shape index (κ1) is 14.6. The Morgan fingerprint density at radius 2 is 2.12 bits per heavy atom. The van der Waals surface area contributed by atoms with Gasteiger partial charge in [0.2, 0.25) is 0 Å². The Morgan fingerprint density at radius 3 is 2.71 bits per heavy atom. The van der Waals surface area contributed by atoms with Crippen LogP contribution < -0.4 is 9.47 Å². The molecule has 96 valence electrons. The van der Waals surface area contributed by atoms with Gasteiger partial charge in [0.05, 0.1) is 24.4 Å². The average molecular weight is 326 g/mol. The average Bonchev–Trinajstić information content (AvgIpc) is 2.32. The van der Waals surface area contributed by atoms with Gasteiger partial charge in [0.25, 0.3) is 0 Å². The Balaban J connectivity index is 2.90. The summed E-state index contributed by atoms with van der Waals surface area (Å²) in [7, 11) is 0. The van der Waals surface area contributed by atoms with E-state index in [4.69, 9.17) is 21.1 Å². The third kappa shape index (κ3) is 4.36. The second kappa shape index (κ2) is 7.77. The van der Waals surface area contributed by atoms with Gasteiger partial charge in [-0.3, -0.25) is 4.39 Å². The minimum atomic E-state index is -0.388. The zero-order valence-corrected chi connectivity index (χ0v) is 12.0. The van der Waals surface area contributed by atoms with Gasteiger partial charge in [0.1, 0.15) is 0 Å². The number of halogens is 3. The van der Waals surface area contributed by atoms with Crippen molar-refractivity contribution in [3.05, 3.63) is 22.2 Å². The molecule has 0 bridgehead atoms. The zero-order valence-electron chi connectivity index (χ0n) is 9.64. The maximum atomic E-state index is 12.0. The summed E-state index contributed by atoms with van der Waals surface area (Å²) in [6.07, 6.45) is 0.370. The van der Waals surface area contributed by atoms with Gasteiger partial charge >= 0.3 is 0 Å². The summed E-state index contributed by atoms with van der Waals surface area (Å²) in [6, 6.07) is 3.71. The first-order valence-electron chi connectivity index (χ1n) is 5.42. The molecule has 0 amide bonds. The molecule has 0 aliphatic heterocycles. The van der Waals surface area contributed by atoms with Crippen LogP contribution in [0.15, 0.2) is 16.6 Å². The van der Waals surface area contributed by atoms with Gasteiger partial charge in [-0.2, -0.15) is 0 Å². The molecule has 5 heteroatoms. The minimum Gasteiger partial charge on any atom is -0.490 e. The molecular weight excluding hydrogens is 310 g/mol. The lowest BCUT2D eigenvalue weighted by Crippen LogP contribution is -2.03. The molecule has 17 heavy (non-hydrogen) atoms. The highest BCUT2D eigenvalue weighted by Gasteiger charge is 2.11. The molecular formula is C12H15BrClFO2. The minimum absolute atomic E-state index is 0.329. The van der Waals surface area contributed by atoms with E-state index in [-0.39, 0.29) is 6.67 Å². The van der Waals surface area contributed by atoms with Gasteiger partial charge < -0.3 is 9.47 Å². The molecule has 0 aliphatic carbocycles. The van der Waals surface area contributed by atoms with Gasteiger partial charge in [-0.1, -0.05) is 0 Å². The highest BCUT2D eigenvalue weighted by atomic mass is 79.9. The van der Waals surface area contributed by atoms with E-state index in [9.17, 15) is 4.39 Å². The molecule has 0 fully saturated rings. The monoisotopic (exact) mass is 324 g/mol. The van der Waals surface area contributed by atoms with Crippen LogP contribution >= 0.6 is 27.5 Å². The smallest absolute Gasteiger partial charge is 0.175 e. The number of rotatable bonds is 7. The van der Waals surface area contributed by atoms with Crippen molar-refractivity contribution in [2.45, 2.75) is 19.2 Å². The number of hydrogen-bond donors (Lipinski definition) is 0. The molecule has 0 atom stereocenters. The van der Waals surface area contributed by atoms with E-state index in [0.29, 0.717) is 37.0 Å². The van der Waals surface area contributed by atoms with Crippen molar-refractivity contribution >= 4 is 27.5 Å². The molecule has 0 aromatic heterocycles. The first-order chi connectivity index (χ1) is 8.22. The van der Waals surface area contributed by atoms with E-state index in [1.165, 1.54) is 0 Å². The summed E-state index contributed by atoms with van der Waals surface area (Å²) < 4.78 is 23.8. The van der Waals surface area contributed by atoms with Crippen LogP contribution in [0.5, 0.6) is 11.5 Å². The largest absolute Gasteiger partial charge is 0.490 e. The molecule has 0 aliphatic rings. The van der Waals surface area contributed by atoms with Crippen molar-refractivity contribution in [1.29, 1.82) is 0 Å². The van der Waals surface area contributed by atoms with E-state index in [1.807, 2.05) is 19.1 Å². The maximum Gasteiger partial charge on any atom is 0.175 e. The molecule has 0 saturated heterocycles. The lowest BCUT2D eigenvalue weighted by Gasteiger charge is -2.14. The lowest BCUT2D eigenvalue weighted by molar-refractivity contribution is 0.261. The summed E-state index contributed by atoms with van der Waals surface area (Å²) in [5.74, 6) is 1.65. The third-order valence-corrected chi connectivity index (χ3v) is 2.95. The van der Waals surface area contributed by atoms with Gasteiger partial charge in [-0.25, -0.2) is 0 Å². The Kier molecular flexibility index (Phi) is 6.66. The fourth-order valence-electron chi connectivity index (χ4n) is 1.33. The predicted molar refractivity (Wildman–Crippen MR) is 71.0 cm³/mol. The first-order valence-corrected chi connectivity index (χ1v) is 6.75. The predicted octanol–water partition coefficient (Wildman–Crippen LogP) is 4.33. The van der Waals surface area contributed by atoms with Crippen molar-refractivity contribution in [3.8, 4) is 11.5 Å². The standard InChI is InChI=1S/C12H15BrClFO2/c1-2-16-11-7-9(8-14)6-10(13)12(11)17-5-3-4-15/h6-7H,2-5,8H2,1H3.